The van der Waals surface area contributed by atoms with E-state index in [2.05, 4.69) is 18.2 Å². The molecule has 5 nitrogen and oxygen atoms in total. The van der Waals surface area contributed by atoms with Crippen molar-refractivity contribution < 1.29 is 14.3 Å². The van der Waals surface area contributed by atoms with Gasteiger partial charge in [-0.15, -0.1) is 11.3 Å². The normalized spacial score (nSPS) is 18.5. The van der Waals surface area contributed by atoms with Gasteiger partial charge in [0, 0.05) is 18.0 Å². The number of piperidine rings is 1. The molecule has 1 fully saturated rings. The van der Waals surface area contributed by atoms with Crippen LogP contribution in [0.1, 0.15) is 28.8 Å². The monoisotopic (exact) mass is 434 g/mol. The highest BCUT2D eigenvalue weighted by atomic mass is 32.1. The van der Waals surface area contributed by atoms with Crippen LogP contribution in [0.15, 0.2) is 66.0 Å². The molecule has 3 aromatic rings. The van der Waals surface area contributed by atoms with E-state index in [0.29, 0.717) is 37.2 Å². The summed E-state index contributed by atoms with van der Waals surface area (Å²) in [6.07, 6.45) is 1.90. The summed E-state index contributed by atoms with van der Waals surface area (Å²) in [6.45, 7) is 0.899. The number of nitrogens with two attached hydrogens (primary N) is 1. The average Bonchev–Trinajstić information content (AvgIpc) is 3.34. The fraction of sp³-hybridized carbons (Fsp3) is 0.280. The van der Waals surface area contributed by atoms with Crippen molar-refractivity contribution in [3.8, 4) is 16.2 Å². The Balaban J connectivity index is 1.65. The van der Waals surface area contributed by atoms with Crippen LogP contribution in [-0.4, -0.2) is 36.9 Å². The summed E-state index contributed by atoms with van der Waals surface area (Å²) in [5.41, 5.74) is 7.87. The standard InChI is InChI=1S/C25H26N2O3S/c1-30-21-11-5-4-10-20(21)23(28)27-14-7-13-25(17-27,24(26)29)16-18-8-2-3-9-19(18)22-12-6-15-31-22/h2-6,8-12,15H,7,13-14,16-17H2,1H3,(H2,26,29). The lowest BCUT2D eigenvalue weighted by atomic mass is 9.73. The van der Waals surface area contributed by atoms with Crippen molar-refractivity contribution in [1.82, 2.24) is 4.90 Å². The molecular weight excluding hydrogens is 408 g/mol. The minimum atomic E-state index is -0.802. The number of ether oxygens (including phenoxy) is 1. The summed E-state index contributed by atoms with van der Waals surface area (Å²) in [7, 11) is 1.55. The first-order valence-electron chi connectivity index (χ1n) is 10.4. The van der Waals surface area contributed by atoms with Crippen LogP contribution in [0.2, 0.25) is 0 Å². The quantitative estimate of drug-likeness (QED) is 0.626. The van der Waals surface area contributed by atoms with Crippen LogP contribution in [-0.2, 0) is 11.2 Å². The van der Waals surface area contributed by atoms with E-state index in [0.717, 1.165) is 22.4 Å². The Labute approximate surface area is 186 Å². The molecule has 0 spiro atoms. The minimum absolute atomic E-state index is 0.130. The summed E-state index contributed by atoms with van der Waals surface area (Å²) < 4.78 is 5.37. The molecule has 1 aliphatic heterocycles. The molecule has 1 atom stereocenters. The zero-order chi connectivity index (χ0) is 21.8. The number of likely N-dealkylation sites (tertiary alicyclic amines) is 1. The van der Waals surface area contributed by atoms with Gasteiger partial charge in [0.15, 0.2) is 0 Å². The maximum atomic E-state index is 13.3. The fourth-order valence-electron chi connectivity index (χ4n) is 4.44. The molecular formula is C25H26N2O3S. The van der Waals surface area contributed by atoms with Gasteiger partial charge in [-0.2, -0.15) is 0 Å². The lowest BCUT2D eigenvalue weighted by Crippen LogP contribution is -2.53. The highest BCUT2D eigenvalue weighted by molar-refractivity contribution is 7.13. The highest BCUT2D eigenvalue weighted by Gasteiger charge is 2.43. The van der Waals surface area contributed by atoms with Crippen molar-refractivity contribution in [2.24, 2.45) is 11.1 Å². The predicted molar refractivity (Wildman–Crippen MR) is 123 cm³/mol. The number of carbonyl (C=O) groups excluding carboxylic acids is 2. The molecule has 1 saturated heterocycles. The van der Waals surface area contributed by atoms with E-state index >= 15 is 0 Å². The van der Waals surface area contributed by atoms with E-state index in [4.69, 9.17) is 10.5 Å². The zero-order valence-electron chi connectivity index (χ0n) is 17.5. The number of rotatable bonds is 6. The van der Waals surface area contributed by atoms with Gasteiger partial charge >= 0.3 is 0 Å². The van der Waals surface area contributed by atoms with Crippen LogP contribution in [0.5, 0.6) is 5.75 Å². The van der Waals surface area contributed by atoms with Crippen molar-refractivity contribution in [3.63, 3.8) is 0 Å². The first kappa shape index (κ1) is 21.1. The fourth-order valence-corrected chi connectivity index (χ4v) is 5.23. The Kier molecular flexibility index (Phi) is 6.09. The first-order chi connectivity index (χ1) is 15.0. The maximum absolute atomic E-state index is 13.3. The molecule has 1 unspecified atom stereocenters. The number of nitrogens with zero attached hydrogens (tertiary/aromatic N) is 1. The molecule has 160 valence electrons. The average molecular weight is 435 g/mol. The second kappa shape index (κ2) is 8.94. The molecule has 1 aliphatic rings. The third-order valence-corrected chi connectivity index (χ3v) is 6.96. The summed E-state index contributed by atoms with van der Waals surface area (Å²) >= 11 is 1.67. The van der Waals surface area contributed by atoms with Gasteiger partial charge in [-0.25, -0.2) is 0 Å². The molecule has 2 amide bonds. The first-order valence-corrected chi connectivity index (χ1v) is 11.3. The summed E-state index contributed by atoms with van der Waals surface area (Å²) in [4.78, 5) is 29.0. The van der Waals surface area contributed by atoms with E-state index in [1.54, 1.807) is 35.5 Å². The van der Waals surface area contributed by atoms with Crippen molar-refractivity contribution in [1.29, 1.82) is 0 Å². The Morgan fingerprint density at radius 1 is 1.10 bits per heavy atom. The summed E-state index contributed by atoms with van der Waals surface area (Å²) in [5.74, 6) is 0.0473. The van der Waals surface area contributed by atoms with Gasteiger partial charge in [0.1, 0.15) is 5.75 Å². The molecule has 4 rings (SSSR count). The summed E-state index contributed by atoms with van der Waals surface area (Å²) in [5, 5.41) is 2.05. The van der Waals surface area contributed by atoms with Crippen LogP contribution in [0.4, 0.5) is 0 Å². The molecule has 0 radical (unpaired) electrons. The van der Waals surface area contributed by atoms with Crippen molar-refractivity contribution >= 4 is 23.2 Å². The van der Waals surface area contributed by atoms with Crippen molar-refractivity contribution in [2.45, 2.75) is 19.3 Å². The van der Waals surface area contributed by atoms with Gasteiger partial charge in [0.25, 0.3) is 5.91 Å². The lowest BCUT2D eigenvalue weighted by molar-refractivity contribution is -0.130. The molecule has 2 N–H and O–H groups in total. The van der Waals surface area contributed by atoms with Gasteiger partial charge < -0.3 is 15.4 Å². The minimum Gasteiger partial charge on any atom is -0.496 e. The second-order valence-electron chi connectivity index (χ2n) is 7.99. The molecule has 0 saturated carbocycles. The van der Waals surface area contributed by atoms with Crippen LogP contribution in [0.25, 0.3) is 10.4 Å². The second-order valence-corrected chi connectivity index (χ2v) is 8.93. The van der Waals surface area contributed by atoms with Crippen molar-refractivity contribution in [3.05, 3.63) is 77.2 Å². The van der Waals surface area contributed by atoms with Gasteiger partial charge in [-0.1, -0.05) is 42.5 Å². The Morgan fingerprint density at radius 3 is 2.61 bits per heavy atom. The van der Waals surface area contributed by atoms with E-state index in [9.17, 15) is 9.59 Å². The summed E-state index contributed by atoms with van der Waals surface area (Å²) in [6, 6.07) is 19.4. The predicted octanol–water partition coefficient (Wildman–Crippen LogP) is 4.37. The SMILES string of the molecule is COc1ccccc1C(=O)N1CCCC(Cc2ccccc2-c2cccs2)(C(N)=O)C1. The van der Waals surface area contributed by atoms with Crippen molar-refractivity contribution in [2.75, 3.05) is 20.2 Å². The Bertz CT molecular complexity index is 1080. The van der Waals surface area contributed by atoms with E-state index in [-0.39, 0.29) is 11.8 Å². The van der Waals surface area contributed by atoms with Gasteiger partial charge in [0.05, 0.1) is 18.1 Å². The van der Waals surface area contributed by atoms with Crippen LogP contribution in [0.3, 0.4) is 0 Å². The third-order valence-electron chi connectivity index (χ3n) is 6.06. The van der Waals surface area contributed by atoms with Crippen LogP contribution >= 0.6 is 11.3 Å². The van der Waals surface area contributed by atoms with Crippen LogP contribution < -0.4 is 10.5 Å². The maximum Gasteiger partial charge on any atom is 0.257 e. The molecule has 31 heavy (non-hydrogen) atoms. The largest absolute Gasteiger partial charge is 0.496 e. The number of thiophene rings is 1. The Hall–Kier alpha value is -3.12. The Morgan fingerprint density at radius 2 is 1.87 bits per heavy atom. The van der Waals surface area contributed by atoms with E-state index < -0.39 is 5.41 Å². The third kappa shape index (κ3) is 4.21. The number of primary amides is 1. The molecule has 0 bridgehead atoms. The molecule has 6 heteroatoms. The van der Waals surface area contributed by atoms with Crippen LogP contribution in [0, 0.1) is 5.41 Å². The number of amides is 2. The number of benzene rings is 2. The topological polar surface area (TPSA) is 72.6 Å². The number of hydrogen-bond donors (Lipinski definition) is 1. The molecule has 1 aromatic heterocycles. The van der Waals surface area contributed by atoms with E-state index in [1.807, 2.05) is 35.7 Å². The van der Waals surface area contributed by atoms with Gasteiger partial charge in [-0.05, 0) is 54.0 Å². The van der Waals surface area contributed by atoms with Gasteiger partial charge in [-0.3, -0.25) is 9.59 Å². The highest BCUT2D eigenvalue weighted by Crippen LogP contribution is 2.38. The number of carbonyl (C=O) groups is 2. The molecule has 2 heterocycles. The smallest absolute Gasteiger partial charge is 0.257 e. The van der Waals surface area contributed by atoms with E-state index in [1.165, 1.54) is 0 Å². The molecule has 2 aromatic carbocycles. The number of hydrogen-bond acceptors (Lipinski definition) is 4. The lowest BCUT2D eigenvalue weighted by Gasteiger charge is -2.41. The number of para-hydroxylation sites is 1. The molecule has 0 aliphatic carbocycles. The van der Waals surface area contributed by atoms with Gasteiger partial charge in [0.2, 0.25) is 5.91 Å². The number of methoxy groups -OCH3 is 1. The zero-order valence-corrected chi connectivity index (χ0v) is 18.4.